The first-order valence-electron chi connectivity index (χ1n) is 4.41. The van der Waals surface area contributed by atoms with Gasteiger partial charge in [0.15, 0.2) is 5.84 Å². The minimum Gasteiger partial charge on any atom is -0.497 e. The molecule has 1 aromatic carbocycles. The predicted octanol–water partition coefficient (Wildman–Crippen LogP) is 1.10. The molecule has 1 rings (SSSR count). The zero-order valence-corrected chi connectivity index (χ0v) is 9.40. The van der Waals surface area contributed by atoms with Gasteiger partial charge in [-0.1, -0.05) is 5.16 Å². The lowest BCUT2D eigenvalue weighted by molar-refractivity contribution is -0.140. The molecule has 0 aliphatic carbocycles. The fourth-order valence-electron chi connectivity index (χ4n) is 0.939. The van der Waals surface area contributed by atoms with Crippen molar-refractivity contribution < 1.29 is 14.4 Å². The van der Waals surface area contributed by atoms with Gasteiger partial charge in [0.2, 0.25) is 0 Å². The van der Waals surface area contributed by atoms with Crippen LogP contribution in [0.5, 0.6) is 5.75 Å². The Morgan fingerprint density at radius 2 is 2.06 bits per heavy atom. The van der Waals surface area contributed by atoms with E-state index in [-0.39, 0.29) is 11.7 Å². The largest absolute Gasteiger partial charge is 0.497 e. The number of methoxy groups -OCH3 is 1. The average molecular weight is 243 g/mol. The lowest BCUT2D eigenvalue weighted by atomic mass is 10.2. The van der Waals surface area contributed by atoms with Crippen molar-refractivity contribution in [3.8, 4) is 5.75 Å². The standard InChI is InChI=1S/C10H11ClN2O3/c1-15-8-4-2-7(3-5-8)10(12)13-16-9(14)6-11/h2-5H,6H2,1H3,(H2,12,13). The molecule has 86 valence electrons. The second kappa shape index (κ2) is 5.97. The Balaban J connectivity index is 2.71. The van der Waals surface area contributed by atoms with Crippen molar-refractivity contribution in [3.63, 3.8) is 0 Å². The number of ether oxygens (including phenoxy) is 1. The van der Waals surface area contributed by atoms with Gasteiger partial charge >= 0.3 is 5.97 Å². The van der Waals surface area contributed by atoms with E-state index in [9.17, 15) is 4.79 Å². The molecule has 1 aromatic rings. The van der Waals surface area contributed by atoms with E-state index in [1.807, 2.05) is 0 Å². The summed E-state index contributed by atoms with van der Waals surface area (Å²) in [5.41, 5.74) is 6.21. The number of alkyl halides is 1. The summed E-state index contributed by atoms with van der Waals surface area (Å²) in [5.74, 6) is -0.118. The van der Waals surface area contributed by atoms with Gasteiger partial charge in [0.05, 0.1) is 7.11 Å². The highest BCUT2D eigenvalue weighted by Crippen LogP contribution is 2.10. The zero-order chi connectivity index (χ0) is 12.0. The highest BCUT2D eigenvalue weighted by atomic mass is 35.5. The number of amidine groups is 1. The molecule has 0 radical (unpaired) electrons. The summed E-state index contributed by atoms with van der Waals surface area (Å²) in [6, 6.07) is 6.85. The van der Waals surface area contributed by atoms with Crippen molar-refractivity contribution in [2.45, 2.75) is 0 Å². The number of halogens is 1. The molecule has 0 spiro atoms. The van der Waals surface area contributed by atoms with Crippen molar-refractivity contribution in [2.24, 2.45) is 10.9 Å². The van der Waals surface area contributed by atoms with E-state index in [0.717, 1.165) is 0 Å². The summed E-state index contributed by atoms with van der Waals surface area (Å²) in [4.78, 5) is 15.1. The van der Waals surface area contributed by atoms with E-state index >= 15 is 0 Å². The smallest absolute Gasteiger partial charge is 0.349 e. The average Bonchev–Trinajstić information content (AvgIpc) is 2.35. The molecule has 0 aliphatic rings. The van der Waals surface area contributed by atoms with E-state index in [4.69, 9.17) is 22.1 Å². The molecule has 0 heterocycles. The van der Waals surface area contributed by atoms with Crippen LogP contribution in [0.1, 0.15) is 5.56 Å². The summed E-state index contributed by atoms with van der Waals surface area (Å²) >= 11 is 5.22. The molecule has 0 bridgehead atoms. The van der Waals surface area contributed by atoms with Crippen LogP contribution in [-0.2, 0) is 9.63 Å². The number of hydrogen-bond donors (Lipinski definition) is 1. The summed E-state index contributed by atoms with van der Waals surface area (Å²) in [5, 5.41) is 3.44. The lowest BCUT2D eigenvalue weighted by Crippen LogP contribution is -2.15. The van der Waals surface area contributed by atoms with Crippen molar-refractivity contribution in [1.29, 1.82) is 0 Å². The van der Waals surface area contributed by atoms with Gasteiger partial charge in [-0.3, -0.25) is 0 Å². The third-order valence-electron chi connectivity index (χ3n) is 1.74. The fraction of sp³-hybridized carbons (Fsp3) is 0.200. The van der Waals surface area contributed by atoms with Crippen molar-refractivity contribution in [3.05, 3.63) is 29.8 Å². The molecule has 2 N–H and O–H groups in total. The molecular formula is C10H11ClN2O3. The molecule has 6 heteroatoms. The van der Waals surface area contributed by atoms with Gasteiger partial charge in [-0.05, 0) is 24.3 Å². The summed E-state index contributed by atoms with van der Waals surface area (Å²) in [7, 11) is 1.56. The minimum absolute atomic E-state index is 0.0983. The number of nitrogens with two attached hydrogens (primary N) is 1. The maximum absolute atomic E-state index is 10.7. The van der Waals surface area contributed by atoms with Crippen LogP contribution in [0.3, 0.4) is 0 Å². The van der Waals surface area contributed by atoms with Crippen LogP contribution in [0.25, 0.3) is 0 Å². The first kappa shape index (κ1) is 12.3. The van der Waals surface area contributed by atoms with Gasteiger partial charge in [-0.2, -0.15) is 0 Å². The molecule has 0 aliphatic heterocycles. The Morgan fingerprint density at radius 1 is 1.44 bits per heavy atom. The van der Waals surface area contributed by atoms with Gasteiger partial charge in [0, 0.05) is 5.56 Å². The Kier molecular flexibility index (Phi) is 4.60. The van der Waals surface area contributed by atoms with E-state index in [0.29, 0.717) is 11.3 Å². The molecule has 0 fully saturated rings. The topological polar surface area (TPSA) is 73.9 Å². The SMILES string of the molecule is COc1ccc(/C(N)=N/OC(=O)CCl)cc1. The van der Waals surface area contributed by atoms with Crippen LogP contribution in [0, 0.1) is 0 Å². The van der Waals surface area contributed by atoms with E-state index in [1.165, 1.54) is 0 Å². The molecule has 0 aromatic heterocycles. The summed E-state index contributed by atoms with van der Waals surface area (Å²) < 4.78 is 4.98. The normalized spacial score (nSPS) is 11.0. The Hall–Kier alpha value is -1.75. The second-order valence-electron chi connectivity index (χ2n) is 2.80. The Bertz CT molecular complexity index is 390. The first-order valence-corrected chi connectivity index (χ1v) is 4.94. The van der Waals surface area contributed by atoms with Crippen molar-refractivity contribution >= 4 is 23.4 Å². The highest BCUT2D eigenvalue weighted by Gasteiger charge is 2.02. The number of rotatable bonds is 4. The Morgan fingerprint density at radius 3 is 2.56 bits per heavy atom. The zero-order valence-electron chi connectivity index (χ0n) is 8.64. The van der Waals surface area contributed by atoms with Gasteiger partial charge in [-0.15, -0.1) is 11.6 Å². The van der Waals surface area contributed by atoms with E-state index in [1.54, 1.807) is 31.4 Å². The van der Waals surface area contributed by atoms with Gasteiger partial charge in [0.25, 0.3) is 0 Å². The van der Waals surface area contributed by atoms with Crippen LogP contribution < -0.4 is 10.5 Å². The molecule has 0 saturated heterocycles. The molecule has 16 heavy (non-hydrogen) atoms. The van der Waals surface area contributed by atoms with Gasteiger partial charge < -0.3 is 15.3 Å². The molecule has 0 saturated carbocycles. The maximum Gasteiger partial charge on any atom is 0.349 e. The second-order valence-corrected chi connectivity index (χ2v) is 3.07. The molecular weight excluding hydrogens is 232 g/mol. The van der Waals surface area contributed by atoms with Crippen LogP contribution in [0.4, 0.5) is 0 Å². The molecule has 0 unspecified atom stereocenters. The quantitative estimate of drug-likeness (QED) is 0.282. The van der Waals surface area contributed by atoms with E-state index in [2.05, 4.69) is 9.99 Å². The predicted molar refractivity (Wildman–Crippen MR) is 60.5 cm³/mol. The lowest BCUT2D eigenvalue weighted by Gasteiger charge is -2.02. The monoisotopic (exact) mass is 242 g/mol. The van der Waals surface area contributed by atoms with Gasteiger partial charge in [-0.25, -0.2) is 4.79 Å². The number of carbonyl (C=O) groups is 1. The summed E-state index contributed by atoms with van der Waals surface area (Å²) in [6.07, 6.45) is 0. The van der Waals surface area contributed by atoms with Crippen LogP contribution in [-0.4, -0.2) is 24.8 Å². The number of carbonyl (C=O) groups excluding carboxylic acids is 1. The van der Waals surface area contributed by atoms with Crippen LogP contribution in [0.15, 0.2) is 29.4 Å². The third-order valence-corrected chi connectivity index (χ3v) is 1.96. The molecule has 0 amide bonds. The number of oxime groups is 1. The summed E-state index contributed by atoms with van der Waals surface area (Å²) in [6.45, 7) is 0. The highest BCUT2D eigenvalue weighted by molar-refractivity contribution is 6.26. The molecule has 0 atom stereocenters. The number of benzene rings is 1. The third kappa shape index (κ3) is 3.43. The van der Waals surface area contributed by atoms with Crippen molar-refractivity contribution in [2.75, 3.05) is 13.0 Å². The Labute approximate surface area is 97.8 Å². The van der Waals surface area contributed by atoms with Crippen LogP contribution >= 0.6 is 11.6 Å². The van der Waals surface area contributed by atoms with E-state index < -0.39 is 5.97 Å². The first-order chi connectivity index (χ1) is 7.67. The van der Waals surface area contributed by atoms with Crippen LogP contribution in [0.2, 0.25) is 0 Å². The van der Waals surface area contributed by atoms with Gasteiger partial charge in [0.1, 0.15) is 11.6 Å². The fourth-order valence-corrected chi connectivity index (χ4v) is 0.988. The number of hydrogen-bond acceptors (Lipinski definition) is 4. The minimum atomic E-state index is -0.655. The number of nitrogens with zero attached hydrogens (tertiary/aromatic N) is 1. The van der Waals surface area contributed by atoms with Crippen molar-refractivity contribution in [1.82, 2.24) is 0 Å². The molecule has 5 nitrogen and oxygen atoms in total. The maximum atomic E-state index is 10.7.